The number of likely N-dealkylation sites (tertiary alicyclic amines) is 1. The summed E-state index contributed by atoms with van der Waals surface area (Å²) in [6.07, 6.45) is 2.30. The maximum Gasteiger partial charge on any atom is 0.255 e. The first-order valence-electron chi connectivity index (χ1n) is 6.55. The van der Waals surface area contributed by atoms with Crippen molar-refractivity contribution < 1.29 is 4.79 Å². The maximum absolute atomic E-state index is 12.6. The summed E-state index contributed by atoms with van der Waals surface area (Å²) in [5.41, 5.74) is 1.05. The third-order valence-corrected chi connectivity index (χ3v) is 5.39. The number of hydrogen-bond donors (Lipinski definition) is 1. The second-order valence-electron chi connectivity index (χ2n) is 5.53. The molecule has 2 saturated heterocycles. The van der Waals surface area contributed by atoms with Gasteiger partial charge in [-0.3, -0.25) is 4.79 Å². The molecule has 1 aromatic carbocycles. The van der Waals surface area contributed by atoms with Crippen LogP contribution >= 0.6 is 34.2 Å². The first kappa shape index (κ1) is 13.6. The molecule has 19 heavy (non-hydrogen) atoms. The molecule has 102 valence electrons. The van der Waals surface area contributed by atoms with Gasteiger partial charge in [0.1, 0.15) is 0 Å². The summed E-state index contributed by atoms with van der Waals surface area (Å²) in [5, 5.41) is 4.04. The highest BCUT2D eigenvalue weighted by molar-refractivity contribution is 14.1. The molecule has 5 heteroatoms. The van der Waals surface area contributed by atoms with E-state index in [2.05, 4.69) is 27.9 Å². The van der Waals surface area contributed by atoms with Crippen molar-refractivity contribution in [1.29, 1.82) is 0 Å². The first-order chi connectivity index (χ1) is 9.10. The van der Waals surface area contributed by atoms with Crippen LogP contribution in [-0.2, 0) is 0 Å². The van der Waals surface area contributed by atoms with Crippen molar-refractivity contribution in [3.63, 3.8) is 0 Å². The van der Waals surface area contributed by atoms with E-state index in [4.69, 9.17) is 11.6 Å². The molecule has 2 aliphatic rings. The number of rotatable bonds is 1. The lowest BCUT2D eigenvalue weighted by Crippen LogP contribution is -2.33. The lowest BCUT2D eigenvalue weighted by Gasteiger charge is -2.23. The predicted molar refractivity (Wildman–Crippen MR) is 84.6 cm³/mol. The van der Waals surface area contributed by atoms with Gasteiger partial charge in [0.2, 0.25) is 0 Å². The summed E-state index contributed by atoms with van der Waals surface area (Å²) in [4.78, 5) is 14.6. The van der Waals surface area contributed by atoms with Crippen molar-refractivity contribution in [2.75, 3.05) is 26.2 Å². The average molecular weight is 391 g/mol. The highest BCUT2D eigenvalue weighted by atomic mass is 127. The Morgan fingerprint density at radius 1 is 1.42 bits per heavy atom. The van der Waals surface area contributed by atoms with E-state index in [-0.39, 0.29) is 5.91 Å². The van der Waals surface area contributed by atoms with Crippen LogP contribution in [0.25, 0.3) is 0 Å². The predicted octanol–water partition coefficient (Wildman–Crippen LogP) is 2.77. The van der Waals surface area contributed by atoms with E-state index in [0.717, 1.165) is 41.7 Å². The fourth-order valence-corrected chi connectivity index (χ4v) is 3.82. The quantitative estimate of drug-likeness (QED) is 0.748. The molecule has 1 spiro atoms. The Morgan fingerprint density at radius 2 is 2.26 bits per heavy atom. The SMILES string of the molecule is O=C(c1cc(Cl)ccc1I)N1CCC2(CCNC2)C1. The van der Waals surface area contributed by atoms with E-state index in [9.17, 15) is 4.79 Å². The highest BCUT2D eigenvalue weighted by Gasteiger charge is 2.42. The first-order valence-corrected chi connectivity index (χ1v) is 8.00. The number of benzene rings is 1. The third-order valence-electron chi connectivity index (χ3n) is 4.22. The van der Waals surface area contributed by atoms with E-state index in [0.29, 0.717) is 10.4 Å². The van der Waals surface area contributed by atoms with Crippen molar-refractivity contribution in [2.24, 2.45) is 5.41 Å². The van der Waals surface area contributed by atoms with E-state index < -0.39 is 0 Å². The molecular weight excluding hydrogens is 375 g/mol. The molecular formula is C14H16ClIN2O. The molecule has 0 bridgehead atoms. The number of hydrogen-bond acceptors (Lipinski definition) is 2. The minimum absolute atomic E-state index is 0.121. The lowest BCUT2D eigenvalue weighted by atomic mass is 9.86. The van der Waals surface area contributed by atoms with Crippen LogP contribution in [0.4, 0.5) is 0 Å². The Morgan fingerprint density at radius 3 is 3.00 bits per heavy atom. The van der Waals surface area contributed by atoms with E-state index in [1.165, 1.54) is 6.42 Å². The maximum atomic E-state index is 12.6. The number of nitrogens with zero attached hydrogens (tertiary/aromatic N) is 1. The summed E-state index contributed by atoms with van der Waals surface area (Å²) in [7, 11) is 0. The van der Waals surface area contributed by atoms with Gasteiger partial charge in [-0.1, -0.05) is 11.6 Å². The molecule has 1 N–H and O–H groups in total. The van der Waals surface area contributed by atoms with Crippen molar-refractivity contribution in [1.82, 2.24) is 10.2 Å². The van der Waals surface area contributed by atoms with Gasteiger partial charge in [0.05, 0.1) is 5.56 Å². The van der Waals surface area contributed by atoms with Gasteiger partial charge in [-0.2, -0.15) is 0 Å². The molecule has 0 aromatic heterocycles. The Kier molecular flexibility index (Phi) is 3.75. The van der Waals surface area contributed by atoms with Crippen LogP contribution in [0.5, 0.6) is 0 Å². The van der Waals surface area contributed by atoms with Crippen molar-refractivity contribution in [3.05, 3.63) is 32.4 Å². The number of nitrogens with one attached hydrogen (secondary N) is 1. The molecule has 1 amide bonds. The largest absolute Gasteiger partial charge is 0.338 e. The Balaban J connectivity index is 1.79. The fourth-order valence-electron chi connectivity index (χ4n) is 3.08. The summed E-state index contributed by atoms with van der Waals surface area (Å²) in [5.74, 6) is 0.121. The number of halogens is 2. The standard InChI is InChI=1S/C14H16ClIN2O/c15-10-1-2-12(16)11(7-10)13(19)18-6-4-14(9-18)3-5-17-8-14/h1-2,7,17H,3-6,8-9H2. The summed E-state index contributed by atoms with van der Waals surface area (Å²) in [6, 6.07) is 5.51. The zero-order valence-corrected chi connectivity index (χ0v) is 13.5. The minimum Gasteiger partial charge on any atom is -0.338 e. The van der Waals surface area contributed by atoms with Gasteiger partial charge in [-0.15, -0.1) is 0 Å². The zero-order valence-electron chi connectivity index (χ0n) is 10.6. The molecule has 1 aromatic rings. The van der Waals surface area contributed by atoms with Crippen LogP contribution in [0.15, 0.2) is 18.2 Å². The van der Waals surface area contributed by atoms with Crippen LogP contribution in [-0.4, -0.2) is 37.0 Å². The highest BCUT2D eigenvalue weighted by Crippen LogP contribution is 2.36. The second kappa shape index (κ2) is 5.22. The summed E-state index contributed by atoms with van der Waals surface area (Å²) < 4.78 is 0.970. The smallest absolute Gasteiger partial charge is 0.255 e. The molecule has 2 aliphatic heterocycles. The Bertz CT molecular complexity index is 514. The number of carbonyl (C=O) groups is 1. The van der Waals surface area contributed by atoms with E-state index >= 15 is 0 Å². The van der Waals surface area contributed by atoms with Crippen LogP contribution in [0.2, 0.25) is 5.02 Å². The minimum atomic E-state index is 0.121. The van der Waals surface area contributed by atoms with E-state index in [1.54, 1.807) is 6.07 Å². The van der Waals surface area contributed by atoms with Crippen LogP contribution in [0.3, 0.4) is 0 Å². The molecule has 0 radical (unpaired) electrons. The topological polar surface area (TPSA) is 32.3 Å². The van der Waals surface area contributed by atoms with Gasteiger partial charge in [0.25, 0.3) is 5.91 Å². The van der Waals surface area contributed by atoms with E-state index in [1.807, 2.05) is 17.0 Å². The molecule has 2 fully saturated rings. The summed E-state index contributed by atoms with van der Waals surface area (Å²) in [6.45, 7) is 3.87. The van der Waals surface area contributed by atoms with Crippen molar-refractivity contribution in [3.8, 4) is 0 Å². The van der Waals surface area contributed by atoms with Gasteiger partial charge in [0, 0.05) is 33.6 Å². The van der Waals surface area contributed by atoms with Gasteiger partial charge in [-0.25, -0.2) is 0 Å². The lowest BCUT2D eigenvalue weighted by molar-refractivity contribution is 0.0774. The second-order valence-corrected chi connectivity index (χ2v) is 7.13. The van der Waals surface area contributed by atoms with Gasteiger partial charge in [0.15, 0.2) is 0 Å². The Hall–Kier alpha value is -0.330. The zero-order chi connectivity index (χ0) is 13.5. The number of amides is 1. The normalized spacial score (nSPS) is 26.3. The molecule has 1 atom stereocenters. The molecule has 0 saturated carbocycles. The molecule has 3 rings (SSSR count). The van der Waals surface area contributed by atoms with Gasteiger partial charge >= 0.3 is 0 Å². The van der Waals surface area contributed by atoms with Crippen LogP contribution in [0.1, 0.15) is 23.2 Å². The van der Waals surface area contributed by atoms with Crippen LogP contribution in [0, 0.1) is 8.99 Å². The van der Waals surface area contributed by atoms with Gasteiger partial charge in [-0.05, 0) is 60.2 Å². The average Bonchev–Trinajstić information content (AvgIpc) is 3.03. The van der Waals surface area contributed by atoms with Crippen molar-refractivity contribution in [2.45, 2.75) is 12.8 Å². The van der Waals surface area contributed by atoms with Gasteiger partial charge < -0.3 is 10.2 Å². The Labute approximate surface area is 131 Å². The van der Waals surface area contributed by atoms with Crippen LogP contribution < -0.4 is 5.32 Å². The van der Waals surface area contributed by atoms with Crippen molar-refractivity contribution >= 4 is 40.1 Å². The monoisotopic (exact) mass is 390 g/mol. The molecule has 0 aliphatic carbocycles. The molecule has 1 unspecified atom stereocenters. The number of carbonyl (C=O) groups excluding carboxylic acids is 1. The molecule has 2 heterocycles. The fraction of sp³-hybridized carbons (Fsp3) is 0.500. The molecule has 3 nitrogen and oxygen atoms in total. The third kappa shape index (κ3) is 2.62. The summed E-state index contributed by atoms with van der Waals surface area (Å²) >= 11 is 8.20.